The topological polar surface area (TPSA) is 73.0 Å². The largest absolute Gasteiger partial charge is 0.343 e. The number of amides is 4. The van der Waals surface area contributed by atoms with Crippen molar-refractivity contribution in [2.75, 3.05) is 32.7 Å². The minimum atomic E-state index is -0.745. The number of nitrogens with zero attached hydrogens (tertiary/aromatic N) is 3. The van der Waals surface area contributed by atoms with Crippen molar-refractivity contribution in [3.63, 3.8) is 0 Å². The zero-order valence-electron chi connectivity index (χ0n) is 19.4. The van der Waals surface area contributed by atoms with Gasteiger partial charge in [-0.3, -0.25) is 14.5 Å². The highest BCUT2D eigenvalue weighted by Gasteiger charge is 2.54. The van der Waals surface area contributed by atoms with Crippen LogP contribution in [-0.4, -0.2) is 76.8 Å². The first-order valence-corrected chi connectivity index (χ1v) is 12.1. The van der Waals surface area contributed by atoms with Gasteiger partial charge in [0, 0.05) is 45.2 Å². The van der Waals surface area contributed by atoms with Gasteiger partial charge in [0.2, 0.25) is 5.91 Å². The van der Waals surface area contributed by atoms with E-state index in [1.165, 1.54) is 10.5 Å². The summed E-state index contributed by atoms with van der Waals surface area (Å²) in [6, 6.07) is 10.1. The van der Waals surface area contributed by atoms with E-state index in [4.69, 9.17) is 0 Å². The SMILES string of the molecule is CC(C)CC(=O)N1CCC(N2C(=O)NC3(CCN(CCc4ccccc4)CC3)C2=O)CC1. The molecule has 0 unspecified atom stereocenters. The van der Waals surface area contributed by atoms with E-state index in [-0.39, 0.29) is 23.9 Å². The molecular weight excluding hydrogens is 404 g/mol. The summed E-state index contributed by atoms with van der Waals surface area (Å²) in [6.07, 6.45) is 4.21. The molecule has 3 saturated heterocycles. The standard InChI is InChI=1S/C25H36N4O3/c1-19(2)18-22(30)28-14-9-21(10-15-28)29-23(31)25(26-24(29)32)11-16-27(17-12-25)13-8-20-6-4-3-5-7-20/h3-7,19,21H,8-18H2,1-2H3,(H,26,32). The number of carbonyl (C=O) groups excluding carboxylic acids is 3. The number of benzene rings is 1. The van der Waals surface area contributed by atoms with E-state index < -0.39 is 5.54 Å². The van der Waals surface area contributed by atoms with Gasteiger partial charge in [0.25, 0.3) is 5.91 Å². The molecule has 1 N–H and O–H groups in total. The summed E-state index contributed by atoms with van der Waals surface area (Å²) in [5.41, 5.74) is 0.577. The number of imide groups is 1. The second-order valence-electron chi connectivity index (χ2n) is 9.97. The normalized spacial score (nSPS) is 22.1. The van der Waals surface area contributed by atoms with Crippen LogP contribution in [0, 0.1) is 5.92 Å². The number of carbonyl (C=O) groups is 3. The minimum Gasteiger partial charge on any atom is -0.343 e. The molecule has 3 aliphatic rings. The number of piperidine rings is 2. The first-order valence-electron chi connectivity index (χ1n) is 12.1. The van der Waals surface area contributed by atoms with Gasteiger partial charge in [-0.15, -0.1) is 0 Å². The van der Waals surface area contributed by atoms with E-state index in [0.717, 1.165) is 26.1 Å². The van der Waals surface area contributed by atoms with E-state index in [0.29, 0.717) is 51.1 Å². The molecule has 1 aromatic rings. The number of hydrogen-bond donors (Lipinski definition) is 1. The van der Waals surface area contributed by atoms with Gasteiger partial charge in [0.1, 0.15) is 5.54 Å². The van der Waals surface area contributed by atoms with Crippen molar-refractivity contribution < 1.29 is 14.4 Å². The third kappa shape index (κ3) is 4.82. The Morgan fingerprint density at radius 3 is 2.34 bits per heavy atom. The molecule has 7 heteroatoms. The monoisotopic (exact) mass is 440 g/mol. The third-order valence-electron chi connectivity index (χ3n) is 7.23. The average Bonchev–Trinajstić information content (AvgIpc) is 3.03. The van der Waals surface area contributed by atoms with Gasteiger partial charge >= 0.3 is 6.03 Å². The van der Waals surface area contributed by atoms with Gasteiger partial charge in [-0.05, 0) is 43.6 Å². The first-order chi connectivity index (χ1) is 15.4. The molecule has 7 nitrogen and oxygen atoms in total. The molecule has 4 rings (SSSR count). The predicted octanol–water partition coefficient (Wildman–Crippen LogP) is 2.65. The Hall–Kier alpha value is -2.41. The number of hydrogen-bond acceptors (Lipinski definition) is 4. The van der Waals surface area contributed by atoms with Crippen LogP contribution in [0.4, 0.5) is 4.79 Å². The van der Waals surface area contributed by atoms with Crippen molar-refractivity contribution >= 4 is 17.8 Å². The fraction of sp³-hybridized carbons (Fsp3) is 0.640. The maximum absolute atomic E-state index is 13.4. The lowest BCUT2D eigenvalue weighted by Crippen LogP contribution is -2.56. The lowest BCUT2D eigenvalue weighted by atomic mass is 9.86. The maximum Gasteiger partial charge on any atom is 0.325 e. The lowest BCUT2D eigenvalue weighted by molar-refractivity contribution is -0.136. The van der Waals surface area contributed by atoms with E-state index in [1.807, 2.05) is 24.8 Å². The summed E-state index contributed by atoms with van der Waals surface area (Å²) in [5.74, 6) is 0.455. The van der Waals surface area contributed by atoms with Crippen LogP contribution in [0.1, 0.15) is 51.5 Å². The molecule has 174 valence electrons. The van der Waals surface area contributed by atoms with Crippen molar-refractivity contribution in [1.82, 2.24) is 20.0 Å². The van der Waals surface area contributed by atoms with Gasteiger partial charge in [-0.1, -0.05) is 44.2 Å². The fourth-order valence-electron chi connectivity index (χ4n) is 5.25. The molecule has 0 atom stereocenters. The van der Waals surface area contributed by atoms with Gasteiger partial charge in [-0.2, -0.15) is 0 Å². The molecule has 1 spiro atoms. The molecule has 3 aliphatic heterocycles. The minimum absolute atomic E-state index is 0.0582. The highest BCUT2D eigenvalue weighted by molar-refractivity contribution is 6.07. The van der Waals surface area contributed by atoms with Gasteiger partial charge in [0.05, 0.1) is 0 Å². The van der Waals surface area contributed by atoms with Gasteiger partial charge in [0.15, 0.2) is 0 Å². The van der Waals surface area contributed by atoms with Crippen molar-refractivity contribution in [2.45, 2.75) is 64.0 Å². The van der Waals surface area contributed by atoms with Crippen molar-refractivity contribution in [3.05, 3.63) is 35.9 Å². The highest BCUT2D eigenvalue weighted by atomic mass is 16.2. The first kappa shape index (κ1) is 22.8. The molecule has 0 aromatic heterocycles. The molecule has 0 radical (unpaired) electrons. The van der Waals surface area contributed by atoms with Crippen LogP contribution in [-0.2, 0) is 16.0 Å². The van der Waals surface area contributed by atoms with E-state index >= 15 is 0 Å². The summed E-state index contributed by atoms with van der Waals surface area (Å²) in [5, 5.41) is 3.05. The summed E-state index contributed by atoms with van der Waals surface area (Å²) >= 11 is 0. The van der Waals surface area contributed by atoms with Crippen LogP contribution >= 0.6 is 0 Å². The molecule has 0 saturated carbocycles. The van der Waals surface area contributed by atoms with Crippen molar-refractivity contribution in [1.29, 1.82) is 0 Å². The molecule has 3 heterocycles. The molecule has 1 aromatic carbocycles. The predicted molar refractivity (Wildman–Crippen MR) is 123 cm³/mol. The summed E-state index contributed by atoms with van der Waals surface area (Å²) in [4.78, 5) is 44.3. The number of rotatable bonds is 6. The smallest absolute Gasteiger partial charge is 0.325 e. The number of likely N-dealkylation sites (tertiary alicyclic amines) is 2. The zero-order chi connectivity index (χ0) is 22.7. The van der Waals surface area contributed by atoms with E-state index in [9.17, 15) is 14.4 Å². The molecular formula is C25H36N4O3. The average molecular weight is 441 g/mol. The van der Waals surface area contributed by atoms with Crippen LogP contribution in [0.3, 0.4) is 0 Å². The summed E-state index contributed by atoms with van der Waals surface area (Å²) < 4.78 is 0. The zero-order valence-corrected chi connectivity index (χ0v) is 19.4. The van der Waals surface area contributed by atoms with Crippen LogP contribution in [0.2, 0.25) is 0 Å². The molecule has 0 bridgehead atoms. The van der Waals surface area contributed by atoms with Crippen LogP contribution < -0.4 is 5.32 Å². The summed E-state index contributed by atoms with van der Waals surface area (Å²) in [7, 11) is 0. The maximum atomic E-state index is 13.4. The van der Waals surface area contributed by atoms with Crippen LogP contribution in [0.25, 0.3) is 0 Å². The van der Waals surface area contributed by atoms with Gasteiger partial charge < -0.3 is 15.1 Å². The Kier molecular flexibility index (Phi) is 6.84. The number of nitrogens with one attached hydrogen (secondary N) is 1. The van der Waals surface area contributed by atoms with Crippen LogP contribution in [0.15, 0.2) is 30.3 Å². The van der Waals surface area contributed by atoms with Crippen molar-refractivity contribution in [2.24, 2.45) is 5.92 Å². The molecule has 32 heavy (non-hydrogen) atoms. The molecule has 4 amide bonds. The summed E-state index contributed by atoms with van der Waals surface area (Å²) in [6.45, 7) is 7.92. The highest BCUT2D eigenvalue weighted by Crippen LogP contribution is 2.32. The Labute approximate surface area is 191 Å². The van der Waals surface area contributed by atoms with Crippen molar-refractivity contribution in [3.8, 4) is 0 Å². The van der Waals surface area contributed by atoms with E-state index in [1.54, 1.807) is 0 Å². The quantitative estimate of drug-likeness (QED) is 0.691. The fourth-order valence-corrected chi connectivity index (χ4v) is 5.25. The Morgan fingerprint density at radius 2 is 1.72 bits per heavy atom. The lowest BCUT2D eigenvalue weighted by Gasteiger charge is -2.39. The Bertz CT molecular complexity index is 825. The second-order valence-corrected chi connectivity index (χ2v) is 9.97. The second kappa shape index (κ2) is 9.61. The molecule has 0 aliphatic carbocycles. The Balaban J connectivity index is 1.29. The molecule has 3 fully saturated rings. The third-order valence-corrected chi connectivity index (χ3v) is 7.23. The van der Waals surface area contributed by atoms with Gasteiger partial charge in [-0.25, -0.2) is 4.79 Å². The number of urea groups is 1. The van der Waals surface area contributed by atoms with E-state index in [2.05, 4.69) is 34.5 Å². The Morgan fingerprint density at radius 1 is 1.06 bits per heavy atom. The van der Waals surface area contributed by atoms with Crippen LogP contribution in [0.5, 0.6) is 0 Å².